The van der Waals surface area contributed by atoms with E-state index in [-0.39, 0.29) is 24.3 Å². The first-order valence-electron chi connectivity index (χ1n) is 8.75. The molecule has 142 valence electrons. The van der Waals surface area contributed by atoms with E-state index in [4.69, 9.17) is 16.3 Å². The van der Waals surface area contributed by atoms with Crippen LogP contribution >= 0.6 is 11.6 Å². The van der Waals surface area contributed by atoms with E-state index in [1.165, 1.54) is 7.11 Å². The molecule has 0 bridgehead atoms. The van der Waals surface area contributed by atoms with E-state index in [1.54, 1.807) is 18.2 Å². The molecule has 0 saturated heterocycles. The highest BCUT2D eigenvalue weighted by molar-refractivity contribution is 6.32. The first-order chi connectivity index (χ1) is 13.0. The van der Waals surface area contributed by atoms with Gasteiger partial charge < -0.3 is 20.7 Å². The zero-order chi connectivity index (χ0) is 19.4. The van der Waals surface area contributed by atoms with E-state index in [9.17, 15) is 9.59 Å². The predicted octanol–water partition coefficient (Wildman–Crippen LogP) is 4.06. The second-order valence-corrected chi connectivity index (χ2v) is 6.90. The quantitative estimate of drug-likeness (QED) is 0.669. The molecular formula is C20H22ClN3O3. The number of methoxy groups -OCH3 is 1. The van der Waals surface area contributed by atoms with Gasteiger partial charge in [-0.3, -0.25) is 9.59 Å². The number of ether oxygens (including phenoxy) is 1. The monoisotopic (exact) mass is 387 g/mol. The van der Waals surface area contributed by atoms with Gasteiger partial charge in [-0.2, -0.15) is 0 Å². The van der Waals surface area contributed by atoms with Crippen molar-refractivity contribution in [3.63, 3.8) is 0 Å². The van der Waals surface area contributed by atoms with Gasteiger partial charge in [-0.05, 0) is 55.7 Å². The maximum absolute atomic E-state index is 12.2. The molecular weight excluding hydrogens is 366 g/mol. The molecule has 3 rings (SSSR count). The zero-order valence-corrected chi connectivity index (χ0v) is 16.0. The van der Waals surface area contributed by atoms with Crippen LogP contribution in [0, 0.1) is 12.8 Å². The molecule has 0 aliphatic heterocycles. The Bertz CT molecular complexity index is 866. The van der Waals surface area contributed by atoms with E-state index in [0.29, 0.717) is 16.5 Å². The number of rotatable bonds is 7. The SMILES string of the molecule is COc1ccc(NC(=O)CNc2cccc(NC(=O)C3CC3)c2C)cc1Cl. The third kappa shape index (κ3) is 4.92. The maximum atomic E-state index is 12.2. The van der Waals surface area contributed by atoms with Crippen molar-refractivity contribution in [3.8, 4) is 5.75 Å². The molecule has 1 fully saturated rings. The molecule has 1 aliphatic carbocycles. The Morgan fingerprint density at radius 2 is 1.89 bits per heavy atom. The third-order valence-corrected chi connectivity index (χ3v) is 4.71. The van der Waals surface area contributed by atoms with Crippen molar-refractivity contribution < 1.29 is 14.3 Å². The number of hydrogen-bond acceptors (Lipinski definition) is 4. The minimum absolute atomic E-state index is 0.0596. The molecule has 0 spiro atoms. The molecule has 2 aromatic carbocycles. The number of amides is 2. The van der Waals surface area contributed by atoms with E-state index in [0.717, 1.165) is 29.8 Å². The van der Waals surface area contributed by atoms with Crippen LogP contribution in [0.25, 0.3) is 0 Å². The first-order valence-corrected chi connectivity index (χ1v) is 9.13. The Morgan fingerprint density at radius 3 is 2.56 bits per heavy atom. The fourth-order valence-electron chi connectivity index (χ4n) is 2.67. The molecule has 6 nitrogen and oxygen atoms in total. The number of carbonyl (C=O) groups is 2. The van der Waals surface area contributed by atoms with Gasteiger partial charge in [-0.1, -0.05) is 17.7 Å². The van der Waals surface area contributed by atoms with Gasteiger partial charge in [-0.15, -0.1) is 0 Å². The minimum atomic E-state index is -0.206. The smallest absolute Gasteiger partial charge is 0.243 e. The highest BCUT2D eigenvalue weighted by atomic mass is 35.5. The Hall–Kier alpha value is -2.73. The second-order valence-electron chi connectivity index (χ2n) is 6.49. The Morgan fingerprint density at radius 1 is 1.15 bits per heavy atom. The summed E-state index contributed by atoms with van der Waals surface area (Å²) in [5.41, 5.74) is 3.05. The van der Waals surface area contributed by atoms with Gasteiger partial charge in [0.2, 0.25) is 11.8 Å². The van der Waals surface area contributed by atoms with Gasteiger partial charge in [0.05, 0.1) is 18.7 Å². The summed E-state index contributed by atoms with van der Waals surface area (Å²) in [5.74, 6) is 0.545. The van der Waals surface area contributed by atoms with Gasteiger partial charge >= 0.3 is 0 Å². The van der Waals surface area contributed by atoms with E-state index < -0.39 is 0 Å². The van der Waals surface area contributed by atoms with Gasteiger partial charge in [0.15, 0.2) is 0 Å². The molecule has 27 heavy (non-hydrogen) atoms. The molecule has 1 aliphatic rings. The number of hydrogen-bond donors (Lipinski definition) is 3. The average molecular weight is 388 g/mol. The second kappa shape index (κ2) is 8.31. The lowest BCUT2D eigenvalue weighted by Gasteiger charge is -2.14. The van der Waals surface area contributed by atoms with Gasteiger partial charge in [0.25, 0.3) is 0 Å². The van der Waals surface area contributed by atoms with Gasteiger partial charge in [0.1, 0.15) is 5.75 Å². The van der Waals surface area contributed by atoms with Crippen LogP contribution < -0.4 is 20.7 Å². The van der Waals surface area contributed by atoms with Crippen molar-refractivity contribution in [2.45, 2.75) is 19.8 Å². The van der Waals surface area contributed by atoms with E-state index in [1.807, 2.05) is 25.1 Å². The van der Waals surface area contributed by atoms with Gasteiger partial charge in [-0.25, -0.2) is 0 Å². The zero-order valence-electron chi connectivity index (χ0n) is 15.3. The number of nitrogens with one attached hydrogen (secondary N) is 3. The lowest BCUT2D eigenvalue weighted by molar-refractivity contribution is -0.117. The summed E-state index contributed by atoms with van der Waals surface area (Å²) >= 11 is 6.07. The van der Waals surface area contributed by atoms with E-state index in [2.05, 4.69) is 16.0 Å². The molecule has 7 heteroatoms. The standard InChI is InChI=1S/C20H22ClN3O3/c1-12-16(4-3-5-17(12)24-20(26)13-6-7-13)22-11-19(25)23-14-8-9-18(27-2)15(21)10-14/h3-5,8-10,13,22H,6-7,11H2,1-2H3,(H,23,25)(H,24,26). The van der Waals surface area contributed by atoms with Crippen molar-refractivity contribution in [1.82, 2.24) is 0 Å². The lowest BCUT2D eigenvalue weighted by atomic mass is 10.1. The number of benzene rings is 2. The Balaban J connectivity index is 1.58. The number of halogens is 1. The van der Waals surface area contributed by atoms with Crippen molar-refractivity contribution in [2.24, 2.45) is 5.92 Å². The van der Waals surface area contributed by atoms with Crippen LogP contribution in [0.4, 0.5) is 17.1 Å². The fraction of sp³-hybridized carbons (Fsp3) is 0.300. The molecule has 0 heterocycles. The Kier molecular flexibility index (Phi) is 5.86. The van der Waals surface area contributed by atoms with Crippen molar-refractivity contribution >= 4 is 40.5 Å². The molecule has 3 N–H and O–H groups in total. The van der Waals surface area contributed by atoms with Crippen LogP contribution in [0.3, 0.4) is 0 Å². The van der Waals surface area contributed by atoms with Crippen LogP contribution in [0.1, 0.15) is 18.4 Å². The van der Waals surface area contributed by atoms with Crippen molar-refractivity contribution in [2.75, 3.05) is 29.6 Å². The first kappa shape index (κ1) is 19.0. The van der Waals surface area contributed by atoms with Crippen molar-refractivity contribution in [3.05, 3.63) is 47.0 Å². The highest BCUT2D eigenvalue weighted by Crippen LogP contribution is 2.31. The molecule has 1 saturated carbocycles. The molecule has 2 amide bonds. The van der Waals surface area contributed by atoms with E-state index >= 15 is 0 Å². The summed E-state index contributed by atoms with van der Waals surface area (Å²) in [6.45, 7) is 2.00. The summed E-state index contributed by atoms with van der Waals surface area (Å²) < 4.78 is 5.09. The summed E-state index contributed by atoms with van der Waals surface area (Å²) in [6.07, 6.45) is 1.91. The number of carbonyl (C=O) groups excluding carboxylic acids is 2. The fourth-order valence-corrected chi connectivity index (χ4v) is 2.93. The van der Waals surface area contributed by atoms with Crippen molar-refractivity contribution in [1.29, 1.82) is 0 Å². The summed E-state index contributed by atoms with van der Waals surface area (Å²) in [6, 6.07) is 10.6. The van der Waals surface area contributed by atoms with Crippen LogP contribution in [0.5, 0.6) is 5.75 Å². The molecule has 0 unspecified atom stereocenters. The lowest BCUT2D eigenvalue weighted by Crippen LogP contribution is -2.22. The highest BCUT2D eigenvalue weighted by Gasteiger charge is 2.29. The molecule has 0 atom stereocenters. The maximum Gasteiger partial charge on any atom is 0.243 e. The average Bonchev–Trinajstić information content (AvgIpc) is 3.48. The minimum Gasteiger partial charge on any atom is -0.495 e. The summed E-state index contributed by atoms with van der Waals surface area (Å²) in [4.78, 5) is 24.2. The van der Waals surface area contributed by atoms with Crippen LogP contribution in [-0.2, 0) is 9.59 Å². The number of anilines is 3. The molecule has 0 aromatic heterocycles. The summed E-state index contributed by atoms with van der Waals surface area (Å²) in [7, 11) is 1.53. The van der Waals surface area contributed by atoms with Crippen LogP contribution in [-0.4, -0.2) is 25.5 Å². The van der Waals surface area contributed by atoms with Gasteiger partial charge in [0, 0.05) is 23.0 Å². The Labute approximate surface area is 163 Å². The summed E-state index contributed by atoms with van der Waals surface area (Å²) in [5, 5.41) is 9.27. The predicted molar refractivity (Wildman–Crippen MR) is 108 cm³/mol. The molecule has 0 radical (unpaired) electrons. The normalized spacial score (nSPS) is 13.0. The molecule has 2 aromatic rings. The largest absolute Gasteiger partial charge is 0.495 e. The van der Waals surface area contributed by atoms with Crippen LogP contribution in [0.2, 0.25) is 5.02 Å². The topological polar surface area (TPSA) is 79.5 Å². The van der Waals surface area contributed by atoms with Crippen LogP contribution in [0.15, 0.2) is 36.4 Å². The third-order valence-electron chi connectivity index (χ3n) is 4.41.